The van der Waals surface area contributed by atoms with Gasteiger partial charge in [0.1, 0.15) is 0 Å². The molecule has 0 amide bonds. The monoisotopic (exact) mass is 502 g/mol. The van der Waals surface area contributed by atoms with Crippen LogP contribution in [0.25, 0.3) is 10.9 Å². The highest BCUT2D eigenvalue weighted by Gasteiger charge is 2.15. The average molecular weight is 503 g/mol. The van der Waals surface area contributed by atoms with Crippen molar-refractivity contribution in [1.29, 1.82) is 0 Å². The first-order valence-electron chi connectivity index (χ1n) is 12.2. The molecule has 4 aromatic rings. The maximum Gasteiger partial charge on any atom is 0.278 e. The summed E-state index contributed by atoms with van der Waals surface area (Å²) in [7, 11) is -0.396. The number of aliphatic imine (C=N–C) groups is 1. The van der Waals surface area contributed by atoms with Gasteiger partial charge in [0.25, 0.3) is 10.2 Å². The summed E-state index contributed by atoms with van der Waals surface area (Å²) < 4.78 is 30.3. The zero-order chi connectivity index (χ0) is 25.7. The molecular weight excluding hydrogens is 468 g/mol. The predicted molar refractivity (Wildman–Crippen MR) is 149 cm³/mol. The van der Waals surface area contributed by atoms with Gasteiger partial charge in [0.15, 0.2) is 0 Å². The van der Waals surface area contributed by atoms with Crippen LogP contribution >= 0.6 is 0 Å². The summed E-state index contributed by atoms with van der Waals surface area (Å²) in [6, 6.07) is 26.8. The van der Waals surface area contributed by atoms with Gasteiger partial charge in [-0.3, -0.25) is 0 Å². The van der Waals surface area contributed by atoms with E-state index in [0.717, 1.165) is 45.5 Å². The van der Waals surface area contributed by atoms with Crippen LogP contribution in [-0.4, -0.2) is 43.6 Å². The molecule has 1 aromatic heterocycles. The van der Waals surface area contributed by atoms with Crippen LogP contribution in [0, 0.1) is 5.92 Å². The molecule has 0 aliphatic rings. The Bertz CT molecular complexity index is 1400. The third-order valence-electron chi connectivity index (χ3n) is 6.01. The quantitative estimate of drug-likeness (QED) is 0.295. The minimum absolute atomic E-state index is 0.341. The highest BCUT2D eigenvalue weighted by Crippen LogP contribution is 2.28. The lowest BCUT2D eigenvalue weighted by Gasteiger charge is -2.11. The first-order valence-corrected chi connectivity index (χ1v) is 13.7. The van der Waals surface area contributed by atoms with Crippen LogP contribution in [-0.2, 0) is 23.2 Å². The number of nitrogens with zero attached hydrogens (tertiary/aromatic N) is 3. The van der Waals surface area contributed by atoms with Crippen molar-refractivity contribution in [3.8, 4) is 0 Å². The standard InChI is InChI=1S/C29H34N4O2S/c1-22(2)20-33-21-25(17-18-30-36(34,35)32(3)4)27-16-15-26(19-28(27)33)31-29(23-11-7-5-8-12-23)24-13-9-6-10-14-24/h5-16,19,21-22,30H,17-18,20H2,1-4H3. The highest BCUT2D eigenvalue weighted by molar-refractivity contribution is 7.87. The lowest BCUT2D eigenvalue weighted by Crippen LogP contribution is -2.36. The molecule has 1 heterocycles. The Balaban J connectivity index is 1.73. The van der Waals surface area contributed by atoms with Gasteiger partial charge in [-0.15, -0.1) is 0 Å². The highest BCUT2D eigenvalue weighted by atomic mass is 32.2. The number of fused-ring (bicyclic) bond motifs is 1. The molecule has 36 heavy (non-hydrogen) atoms. The van der Waals surface area contributed by atoms with Crippen molar-refractivity contribution >= 4 is 32.5 Å². The summed E-state index contributed by atoms with van der Waals surface area (Å²) in [5.41, 5.74) is 6.17. The first-order chi connectivity index (χ1) is 17.2. The molecule has 7 heteroatoms. The summed E-state index contributed by atoms with van der Waals surface area (Å²) in [5, 5.41) is 1.12. The zero-order valence-corrected chi connectivity index (χ0v) is 22.2. The van der Waals surface area contributed by atoms with Crippen molar-refractivity contribution in [3.05, 3.63) is 102 Å². The topological polar surface area (TPSA) is 66.7 Å². The average Bonchev–Trinajstić information content (AvgIpc) is 3.19. The predicted octanol–water partition coefficient (Wildman–Crippen LogP) is 5.40. The van der Waals surface area contributed by atoms with Crippen LogP contribution in [0.2, 0.25) is 0 Å². The van der Waals surface area contributed by atoms with Crippen molar-refractivity contribution in [3.63, 3.8) is 0 Å². The van der Waals surface area contributed by atoms with Crippen molar-refractivity contribution in [2.45, 2.75) is 26.8 Å². The Morgan fingerprint density at radius 3 is 2.11 bits per heavy atom. The Hall–Kier alpha value is -3.26. The second-order valence-corrected chi connectivity index (χ2v) is 11.5. The smallest absolute Gasteiger partial charge is 0.278 e. The van der Waals surface area contributed by atoms with E-state index in [-0.39, 0.29) is 0 Å². The lowest BCUT2D eigenvalue weighted by atomic mass is 10.0. The molecule has 0 fully saturated rings. The fourth-order valence-corrected chi connectivity index (χ4v) is 4.85. The molecule has 1 N–H and O–H groups in total. The van der Waals surface area contributed by atoms with Crippen molar-refractivity contribution in [2.24, 2.45) is 10.9 Å². The molecule has 0 saturated heterocycles. The van der Waals surface area contributed by atoms with E-state index in [1.807, 2.05) is 42.5 Å². The largest absolute Gasteiger partial charge is 0.347 e. The van der Waals surface area contributed by atoms with Crippen LogP contribution in [0.4, 0.5) is 5.69 Å². The second-order valence-electron chi connectivity index (χ2n) is 9.53. The molecule has 0 bridgehead atoms. The van der Waals surface area contributed by atoms with Crippen LogP contribution in [0.1, 0.15) is 30.5 Å². The van der Waals surface area contributed by atoms with Gasteiger partial charge < -0.3 is 4.57 Å². The van der Waals surface area contributed by atoms with Crippen molar-refractivity contribution in [1.82, 2.24) is 13.6 Å². The minimum atomic E-state index is -3.45. The van der Waals surface area contributed by atoms with Crippen molar-refractivity contribution in [2.75, 3.05) is 20.6 Å². The van der Waals surface area contributed by atoms with Gasteiger partial charge in [0, 0.05) is 49.9 Å². The molecule has 0 spiro atoms. The molecule has 3 aromatic carbocycles. The van der Waals surface area contributed by atoms with E-state index < -0.39 is 10.2 Å². The van der Waals surface area contributed by atoms with E-state index in [1.165, 1.54) is 18.4 Å². The first kappa shape index (κ1) is 25.8. The van der Waals surface area contributed by atoms with E-state index >= 15 is 0 Å². The van der Waals surface area contributed by atoms with E-state index in [1.54, 1.807) is 0 Å². The summed E-state index contributed by atoms with van der Waals surface area (Å²) in [4.78, 5) is 5.10. The summed E-state index contributed by atoms with van der Waals surface area (Å²) in [6.45, 7) is 5.61. The molecule has 0 atom stereocenters. The Morgan fingerprint density at radius 2 is 1.56 bits per heavy atom. The van der Waals surface area contributed by atoms with Crippen LogP contribution < -0.4 is 4.72 Å². The van der Waals surface area contributed by atoms with Gasteiger partial charge in [0.05, 0.1) is 16.9 Å². The third-order valence-corrected chi connectivity index (χ3v) is 7.54. The zero-order valence-electron chi connectivity index (χ0n) is 21.3. The van der Waals surface area contributed by atoms with E-state index in [2.05, 4.69) is 65.7 Å². The van der Waals surface area contributed by atoms with Crippen LogP contribution in [0.15, 0.2) is 90.1 Å². The Morgan fingerprint density at radius 1 is 0.944 bits per heavy atom. The molecule has 0 radical (unpaired) electrons. The third kappa shape index (κ3) is 6.10. The molecule has 0 unspecified atom stereocenters. The number of benzene rings is 3. The maximum absolute atomic E-state index is 12.1. The number of aromatic nitrogens is 1. The van der Waals surface area contributed by atoms with E-state index in [9.17, 15) is 8.42 Å². The summed E-state index contributed by atoms with van der Waals surface area (Å²) in [5.74, 6) is 0.469. The second kappa shape index (κ2) is 11.2. The van der Waals surface area contributed by atoms with Crippen LogP contribution in [0.5, 0.6) is 0 Å². The van der Waals surface area contributed by atoms with Gasteiger partial charge >= 0.3 is 0 Å². The van der Waals surface area contributed by atoms with Gasteiger partial charge in [0.2, 0.25) is 0 Å². The molecule has 6 nitrogen and oxygen atoms in total. The molecule has 4 rings (SSSR count). The molecule has 0 aliphatic heterocycles. The molecule has 0 aliphatic carbocycles. The number of hydrogen-bond acceptors (Lipinski definition) is 3. The summed E-state index contributed by atoms with van der Waals surface area (Å²) >= 11 is 0. The lowest BCUT2D eigenvalue weighted by molar-refractivity contribution is 0.506. The van der Waals surface area contributed by atoms with Crippen molar-refractivity contribution < 1.29 is 8.42 Å². The van der Waals surface area contributed by atoms with Gasteiger partial charge in [-0.1, -0.05) is 80.6 Å². The van der Waals surface area contributed by atoms with Crippen LogP contribution in [0.3, 0.4) is 0 Å². The molecular formula is C29H34N4O2S. The normalized spacial score (nSPS) is 11.9. The summed E-state index contributed by atoms with van der Waals surface area (Å²) in [6.07, 6.45) is 2.76. The Labute approximate surface area is 214 Å². The fraction of sp³-hybridized carbons (Fsp3) is 0.276. The minimum Gasteiger partial charge on any atom is -0.347 e. The SMILES string of the molecule is CC(C)Cn1cc(CCNS(=O)(=O)N(C)C)c2ccc(N=C(c3ccccc3)c3ccccc3)cc21. The number of rotatable bonds is 10. The van der Waals surface area contributed by atoms with E-state index in [4.69, 9.17) is 4.99 Å². The van der Waals surface area contributed by atoms with Gasteiger partial charge in [-0.25, -0.2) is 9.71 Å². The Kier molecular flexibility index (Phi) is 8.04. The van der Waals surface area contributed by atoms with E-state index in [0.29, 0.717) is 18.9 Å². The molecule has 188 valence electrons. The maximum atomic E-state index is 12.1. The van der Waals surface area contributed by atoms with Gasteiger partial charge in [-0.2, -0.15) is 12.7 Å². The molecule has 0 saturated carbocycles. The fourth-order valence-electron chi connectivity index (χ4n) is 4.23. The number of hydrogen-bond donors (Lipinski definition) is 1. The van der Waals surface area contributed by atoms with Gasteiger partial charge in [-0.05, 0) is 30.0 Å². The number of nitrogens with one attached hydrogen (secondary N) is 1.